The molecule has 1 fully saturated rings. The summed E-state index contributed by atoms with van der Waals surface area (Å²) >= 11 is 1.75. The first kappa shape index (κ1) is 33.3. The molecule has 1 aliphatic heterocycles. The van der Waals surface area contributed by atoms with Gasteiger partial charge in [0.25, 0.3) is 0 Å². The van der Waals surface area contributed by atoms with Gasteiger partial charge in [-0.3, -0.25) is 9.59 Å². The van der Waals surface area contributed by atoms with E-state index >= 15 is 0 Å². The smallest absolute Gasteiger partial charge is 0.224 e. The highest BCUT2D eigenvalue weighted by atomic mass is 32.2. The predicted octanol–water partition coefficient (Wildman–Crippen LogP) is 4.01. The molecule has 0 bridgehead atoms. The summed E-state index contributed by atoms with van der Waals surface area (Å²) in [6.45, 7) is 9.41. The molecule has 0 aliphatic carbocycles. The van der Waals surface area contributed by atoms with E-state index in [0.717, 1.165) is 25.1 Å². The van der Waals surface area contributed by atoms with Crippen molar-refractivity contribution in [1.82, 2.24) is 15.1 Å². The van der Waals surface area contributed by atoms with E-state index in [0.29, 0.717) is 39.0 Å². The zero-order valence-corrected chi connectivity index (χ0v) is 23.5. The summed E-state index contributed by atoms with van der Waals surface area (Å²) < 4.78 is 0. The molecule has 36 heavy (non-hydrogen) atoms. The van der Waals surface area contributed by atoms with Gasteiger partial charge in [0.2, 0.25) is 11.8 Å². The molecule has 1 aromatic carbocycles. The minimum absolute atomic E-state index is 0.0852. The monoisotopic (exact) mass is 515 g/mol. The van der Waals surface area contributed by atoms with Crippen molar-refractivity contribution in [1.29, 1.82) is 5.26 Å². The maximum atomic E-state index is 12.2. The molecule has 8 heteroatoms. The van der Waals surface area contributed by atoms with Crippen LogP contribution in [0.1, 0.15) is 51.5 Å². The highest BCUT2D eigenvalue weighted by molar-refractivity contribution is 7.97. The molecule has 2 rings (SSSR count). The topological polar surface area (TPSA) is 88.5 Å². The highest BCUT2D eigenvalue weighted by Gasteiger charge is 2.11. The van der Waals surface area contributed by atoms with E-state index < -0.39 is 0 Å². The Morgan fingerprint density at radius 1 is 1.19 bits per heavy atom. The fourth-order valence-electron chi connectivity index (χ4n) is 3.54. The van der Waals surface area contributed by atoms with Crippen LogP contribution in [0.5, 0.6) is 0 Å². The molecule has 0 unspecified atom stereocenters. The predicted molar refractivity (Wildman–Crippen MR) is 153 cm³/mol. The number of benzene rings is 1. The molecule has 1 saturated heterocycles. The molecule has 0 aromatic heterocycles. The zero-order valence-electron chi connectivity index (χ0n) is 22.6. The second kappa shape index (κ2) is 22.8. The van der Waals surface area contributed by atoms with E-state index in [-0.39, 0.29) is 11.8 Å². The Labute approximate surface area is 223 Å². The van der Waals surface area contributed by atoms with Crippen LogP contribution >= 0.6 is 11.8 Å². The Morgan fingerprint density at radius 3 is 2.33 bits per heavy atom. The number of unbranched alkanes of at least 4 members (excludes halogenated alkanes) is 1. The Bertz CT molecular complexity index is 796. The number of nitrogens with zero attached hydrogens (tertiary/aromatic N) is 3. The lowest BCUT2D eigenvalue weighted by Crippen LogP contribution is -2.32. The first-order chi connectivity index (χ1) is 17.4. The molecule has 200 valence electrons. The third-order valence-corrected chi connectivity index (χ3v) is 5.43. The highest BCUT2D eigenvalue weighted by Crippen LogP contribution is 2.13. The van der Waals surface area contributed by atoms with Gasteiger partial charge in [-0.1, -0.05) is 18.1 Å². The van der Waals surface area contributed by atoms with Crippen molar-refractivity contribution in [2.24, 2.45) is 0 Å². The number of carbonyl (C=O) groups excluding carboxylic acids is 2. The Morgan fingerprint density at radius 2 is 1.83 bits per heavy atom. The van der Waals surface area contributed by atoms with Crippen molar-refractivity contribution in [2.75, 3.05) is 63.6 Å². The Kier molecular flexibility index (Phi) is 21.1. The van der Waals surface area contributed by atoms with Crippen molar-refractivity contribution in [3.8, 4) is 18.4 Å². The minimum atomic E-state index is -0.0852. The zero-order chi connectivity index (χ0) is 27.0. The number of thioether (sulfide) groups is 1. The maximum Gasteiger partial charge on any atom is 0.224 e. The van der Waals surface area contributed by atoms with E-state index in [1.165, 1.54) is 38.4 Å². The van der Waals surface area contributed by atoms with Gasteiger partial charge >= 0.3 is 0 Å². The molecule has 0 radical (unpaired) electrons. The van der Waals surface area contributed by atoms with Crippen molar-refractivity contribution in [3.05, 3.63) is 29.8 Å². The van der Waals surface area contributed by atoms with E-state index in [1.54, 1.807) is 11.8 Å². The third-order valence-electron chi connectivity index (χ3n) is 5.43. The number of rotatable bonds is 12. The lowest BCUT2D eigenvalue weighted by molar-refractivity contribution is -0.130. The van der Waals surface area contributed by atoms with Crippen LogP contribution in [0.4, 0.5) is 5.69 Å². The van der Waals surface area contributed by atoms with Crippen LogP contribution in [0.25, 0.3) is 0 Å². The van der Waals surface area contributed by atoms with Crippen LogP contribution in [0.15, 0.2) is 24.3 Å². The second-order valence-electron chi connectivity index (χ2n) is 8.43. The number of carbonyl (C=O) groups is 2. The summed E-state index contributed by atoms with van der Waals surface area (Å²) in [6.07, 6.45) is 14.4. The van der Waals surface area contributed by atoms with Crippen molar-refractivity contribution in [3.63, 3.8) is 0 Å². The number of terminal acetylenes is 1. The molecular weight excluding hydrogens is 470 g/mol. The van der Waals surface area contributed by atoms with Crippen LogP contribution in [0, 0.1) is 23.7 Å². The van der Waals surface area contributed by atoms with E-state index in [4.69, 9.17) is 11.7 Å². The summed E-state index contributed by atoms with van der Waals surface area (Å²) in [6, 6.07) is 10.7. The maximum absolute atomic E-state index is 12.2. The minimum Gasteiger partial charge on any atom is -0.385 e. The van der Waals surface area contributed by atoms with Crippen molar-refractivity contribution < 1.29 is 9.59 Å². The third kappa shape index (κ3) is 17.7. The molecule has 0 spiro atoms. The SMILES string of the molecule is C#CCNC(C)=O.CCN(CCCC#N)C(=O)CCNc1ccc(CCN2CCCC2)cc1.CSC. The number of nitriles is 1. The van der Waals surface area contributed by atoms with Crippen LogP contribution in [0.3, 0.4) is 0 Å². The quantitative estimate of drug-likeness (QED) is 0.323. The van der Waals surface area contributed by atoms with Crippen LogP contribution < -0.4 is 10.6 Å². The van der Waals surface area contributed by atoms with Crippen molar-refractivity contribution >= 4 is 29.3 Å². The number of hydrogen-bond acceptors (Lipinski definition) is 6. The van der Waals surface area contributed by atoms with Crippen LogP contribution in [-0.4, -0.2) is 79.9 Å². The van der Waals surface area contributed by atoms with Gasteiger partial charge in [-0.05, 0) is 75.9 Å². The van der Waals surface area contributed by atoms with E-state index in [9.17, 15) is 9.59 Å². The van der Waals surface area contributed by atoms with Gasteiger partial charge in [0, 0.05) is 51.6 Å². The Hall–Kier alpha value is -2.68. The van der Waals surface area contributed by atoms with Gasteiger partial charge in [0.1, 0.15) is 0 Å². The standard InChI is InChI=1S/C21H32N4O.C5H7NO.C2H6S/c1-2-25(17-4-3-13-22)21(26)11-14-23-20-9-7-19(8-10-20)12-18-24-15-5-6-16-24;1-3-4-6-5(2)7;1-3-2/h7-10,23H,2-6,11-12,14-18H2,1H3;1H,4H2,2H3,(H,6,7);1-2H3. The fraction of sp³-hybridized carbons (Fsp3) is 0.607. The fourth-order valence-corrected chi connectivity index (χ4v) is 3.54. The molecule has 0 saturated carbocycles. The second-order valence-corrected chi connectivity index (χ2v) is 9.25. The van der Waals surface area contributed by atoms with Gasteiger partial charge in [-0.2, -0.15) is 17.0 Å². The summed E-state index contributed by atoms with van der Waals surface area (Å²) in [5.41, 5.74) is 2.43. The molecular formula is C28H45N5O2S. The first-order valence-electron chi connectivity index (χ1n) is 12.7. The van der Waals surface area contributed by atoms with Crippen molar-refractivity contribution in [2.45, 2.75) is 52.4 Å². The summed E-state index contributed by atoms with van der Waals surface area (Å²) in [7, 11) is 0. The van der Waals surface area contributed by atoms with Crippen LogP contribution in [0.2, 0.25) is 0 Å². The summed E-state index contributed by atoms with van der Waals surface area (Å²) in [5.74, 6) is 2.33. The normalized spacial score (nSPS) is 12.1. The number of likely N-dealkylation sites (tertiary alicyclic amines) is 1. The van der Waals surface area contributed by atoms with Gasteiger partial charge in [-0.15, -0.1) is 6.42 Å². The number of nitrogens with one attached hydrogen (secondary N) is 2. The van der Waals surface area contributed by atoms with Crippen LogP contribution in [-0.2, 0) is 16.0 Å². The molecule has 7 nitrogen and oxygen atoms in total. The molecule has 1 aliphatic rings. The van der Waals surface area contributed by atoms with Gasteiger partial charge < -0.3 is 20.4 Å². The van der Waals surface area contributed by atoms with Gasteiger partial charge in [-0.25, -0.2) is 0 Å². The average Bonchev–Trinajstić information content (AvgIpc) is 3.39. The summed E-state index contributed by atoms with van der Waals surface area (Å²) in [4.78, 5) is 26.6. The number of amides is 2. The average molecular weight is 516 g/mol. The molecule has 0 atom stereocenters. The van der Waals surface area contributed by atoms with Gasteiger partial charge in [0.15, 0.2) is 0 Å². The number of anilines is 1. The van der Waals surface area contributed by atoms with E-state index in [1.807, 2.05) is 24.3 Å². The Balaban J connectivity index is 0.00000104. The van der Waals surface area contributed by atoms with Gasteiger partial charge in [0.05, 0.1) is 12.6 Å². The molecule has 2 N–H and O–H groups in total. The molecule has 2 amide bonds. The lowest BCUT2D eigenvalue weighted by atomic mass is 10.1. The summed E-state index contributed by atoms with van der Waals surface area (Å²) in [5, 5.41) is 14.4. The largest absolute Gasteiger partial charge is 0.385 e. The molecule has 1 heterocycles. The molecule has 1 aromatic rings. The number of hydrogen-bond donors (Lipinski definition) is 2. The lowest BCUT2D eigenvalue weighted by Gasteiger charge is -2.20. The first-order valence-corrected chi connectivity index (χ1v) is 14.3. The van der Waals surface area contributed by atoms with E-state index in [2.05, 4.69) is 51.8 Å².